The van der Waals surface area contributed by atoms with Crippen molar-refractivity contribution in [3.63, 3.8) is 0 Å². The molecule has 0 aliphatic carbocycles. The molecule has 0 unspecified atom stereocenters. The predicted octanol–water partition coefficient (Wildman–Crippen LogP) is 2.55. The molecule has 0 saturated carbocycles. The zero-order chi connectivity index (χ0) is 5.91. The molecule has 0 radical (unpaired) electrons. The highest BCUT2D eigenvalue weighted by Crippen LogP contribution is 2.25. The number of rotatable bonds is 2. The highest BCUT2D eigenvalue weighted by atomic mass is 79.9. The second kappa shape index (κ2) is 2.40. The summed E-state index contributed by atoms with van der Waals surface area (Å²) in [6.45, 7) is 3.14. The number of hydrogen-bond donors (Lipinski definition) is 0. The van der Waals surface area contributed by atoms with Crippen molar-refractivity contribution in [3.8, 4) is 0 Å². The number of alkyl halides is 3. The lowest BCUT2D eigenvalue weighted by Crippen LogP contribution is -2.00. The van der Waals surface area contributed by atoms with Gasteiger partial charge in [0.05, 0.1) is 0 Å². The second-order valence-electron chi connectivity index (χ2n) is 1.11. The third-order valence-electron chi connectivity index (χ3n) is 0.376. The van der Waals surface area contributed by atoms with Crippen LogP contribution >= 0.6 is 15.9 Å². The van der Waals surface area contributed by atoms with Crippen LogP contribution in [0, 0.1) is 0 Å². The SMILES string of the molecule is C=CCC(F)(F)Br. The van der Waals surface area contributed by atoms with E-state index in [-0.39, 0.29) is 6.42 Å². The molecule has 0 nitrogen and oxygen atoms in total. The first kappa shape index (κ1) is 7.08. The maximum atomic E-state index is 11.6. The van der Waals surface area contributed by atoms with Crippen molar-refractivity contribution in [1.29, 1.82) is 0 Å². The molecule has 0 bridgehead atoms. The molecule has 0 saturated heterocycles. The minimum absolute atomic E-state index is 0.312. The summed E-state index contributed by atoms with van der Waals surface area (Å²) in [6, 6.07) is 0. The Morgan fingerprint density at radius 1 is 1.71 bits per heavy atom. The van der Waals surface area contributed by atoms with Gasteiger partial charge in [0.15, 0.2) is 0 Å². The van der Waals surface area contributed by atoms with Crippen LogP contribution in [0.2, 0.25) is 0 Å². The third-order valence-corrected chi connectivity index (χ3v) is 0.700. The van der Waals surface area contributed by atoms with Gasteiger partial charge in [-0.1, -0.05) is 6.08 Å². The highest BCUT2D eigenvalue weighted by molar-refractivity contribution is 9.10. The van der Waals surface area contributed by atoms with Gasteiger partial charge >= 0.3 is 4.83 Å². The Morgan fingerprint density at radius 3 is 2.14 bits per heavy atom. The lowest BCUT2D eigenvalue weighted by molar-refractivity contribution is 0.119. The molecular formula is C4H5BrF2. The monoisotopic (exact) mass is 170 g/mol. The lowest BCUT2D eigenvalue weighted by Gasteiger charge is -2.00. The largest absolute Gasteiger partial charge is 0.304 e. The Labute approximate surface area is 49.3 Å². The summed E-state index contributed by atoms with van der Waals surface area (Å²) in [5.41, 5.74) is 0. The first-order chi connectivity index (χ1) is 3.06. The Bertz CT molecular complexity index is 64.6. The van der Waals surface area contributed by atoms with Crippen molar-refractivity contribution in [3.05, 3.63) is 12.7 Å². The normalized spacial score (nSPS) is 11.3. The zero-order valence-electron chi connectivity index (χ0n) is 3.63. The first-order valence-electron chi connectivity index (χ1n) is 1.74. The Kier molecular flexibility index (Phi) is 2.43. The molecule has 0 heterocycles. The van der Waals surface area contributed by atoms with Crippen LogP contribution in [0.15, 0.2) is 12.7 Å². The summed E-state index contributed by atoms with van der Waals surface area (Å²) in [5, 5.41) is 0. The van der Waals surface area contributed by atoms with Crippen LogP contribution in [0.5, 0.6) is 0 Å². The Balaban J connectivity index is 3.34. The number of hydrogen-bond acceptors (Lipinski definition) is 0. The first-order valence-corrected chi connectivity index (χ1v) is 2.53. The van der Waals surface area contributed by atoms with Crippen LogP contribution in [0.25, 0.3) is 0 Å². The number of allylic oxidation sites excluding steroid dienone is 1. The van der Waals surface area contributed by atoms with Gasteiger partial charge in [0.2, 0.25) is 0 Å². The standard InChI is InChI=1S/C4H5BrF2/c1-2-3-4(5,6)7/h2H,1,3H2. The fourth-order valence-electron chi connectivity index (χ4n) is 0.164. The van der Waals surface area contributed by atoms with Crippen molar-refractivity contribution >= 4 is 15.9 Å². The molecule has 7 heavy (non-hydrogen) atoms. The third kappa shape index (κ3) is 6.08. The molecule has 42 valence electrons. The van der Waals surface area contributed by atoms with E-state index in [1.54, 1.807) is 0 Å². The van der Waals surface area contributed by atoms with Crippen LogP contribution < -0.4 is 0 Å². The van der Waals surface area contributed by atoms with Crippen LogP contribution in [0.1, 0.15) is 6.42 Å². The highest BCUT2D eigenvalue weighted by Gasteiger charge is 2.20. The molecule has 0 atom stereocenters. The Morgan fingerprint density at radius 2 is 2.14 bits per heavy atom. The molecule has 0 aromatic heterocycles. The summed E-state index contributed by atoms with van der Waals surface area (Å²) in [5.74, 6) is 0. The predicted molar refractivity (Wildman–Crippen MR) is 28.7 cm³/mol. The summed E-state index contributed by atoms with van der Waals surface area (Å²) >= 11 is 2.13. The minimum Gasteiger partial charge on any atom is -0.193 e. The van der Waals surface area contributed by atoms with Crippen LogP contribution in [0.3, 0.4) is 0 Å². The molecule has 0 aromatic rings. The van der Waals surface area contributed by atoms with E-state index in [9.17, 15) is 8.78 Å². The van der Waals surface area contributed by atoms with Gasteiger partial charge in [-0.2, -0.15) is 8.78 Å². The average Bonchev–Trinajstić information content (AvgIpc) is 1.30. The van der Waals surface area contributed by atoms with Crippen LogP contribution in [-0.4, -0.2) is 4.83 Å². The minimum atomic E-state index is -2.76. The van der Waals surface area contributed by atoms with Crippen molar-refractivity contribution < 1.29 is 8.78 Å². The van der Waals surface area contributed by atoms with E-state index in [0.717, 1.165) is 6.08 Å². The molecule has 0 amide bonds. The lowest BCUT2D eigenvalue weighted by atomic mass is 10.4. The molecular weight excluding hydrogens is 166 g/mol. The van der Waals surface area contributed by atoms with Crippen molar-refractivity contribution in [1.82, 2.24) is 0 Å². The maximum absolute atomic E-state index is 11.6. The van der Waals surface area contributed by atoms with E-state index >= 15 is 0 Å². The van der Waals surface area contributed by atoms with Crippen molar-refractivity contribution in [2.45, 2.75) is 11.3 Å². The summed E-state index contributed by atoms with van der Waals surface area (Å²) in [4.78, 5) is -2.76. The van der Waals surface area contributed by atoms with E-state index in [1.807, 2.05) is 0 Å². The van der Waals surface area contributed by atoms with E-state index in [4.69, 9.17) is 0 Å². The molecule has 0 rings (SSSR count). The second-order valence-corrected chi connectivity index (χ2v) is 2.27. The molecule has 3 heteroatoms. The maximum Gasteiger partial charge on any atom is 0.304 e. The van der Waals surface area contributed by atoms with Crippen molar-refractivity contribution in [2.75, 3.05) is 0 Å². The molecule has 0 aromatic carbocycles. The van der Waals surface area contributed by atoms with Gasteiger partial charge in [-0.25, -0.2) is 0 Å². The van der Waals surface area contributed by atoms with Crippen LogP contribution in [-0.2, 0) is 0 Å². The van der Waals surface area contributed by atoms with Crippen LogP contribution in [0.4, 0.5) is 8.78 Å². The summed E-state index contributed by atoms with van der Waals surface area (Å²) < 4.78 is 23.1. The Hall–Kier alpha value is 0.0800. The average molecular weight is 171 g/mol. The van der Waals surface area contributed by atoms with E-state index in [0.29, 0.717) is 0 Å². The van der Waals surface area contributed by atoms with Gasteiger partial charge in [-0.05, 0) is 15.9 Å². The molecule has 0 fully saturated rings. The van der Waals surface area contributed by atoms with E-state index in [1.165, 1.54) is 0 Å². The molecule has 0 aliphatic heterocycles. The zero-order valence-corrected chi connectivity index (χ0v) is 5.21. The van der Waals surface area contributed by atoms with Gasteiger partial charge in [-0.15, -0.1) is 6.58 Å². The van der Waals surface area contributed by atoms with E-state index in [2.05, 4.69) is 22.5 Å². The quantitative estimate of drug-likeness (QED) is 0.442. The van der Waals surface area contributed by atoms with Crippen molar-refractivity contribution in [2.24, 2.45) is 0 Å². The topological polar surface area (TPSA) is 0 Å². The molecule has 0 aliphatic rings. The summed E-state index contributed by atoms with van der Waals surface area (Å²) in [7, 11) is 0. The van der Waals surface area contributed by atoms with Gasteiger partial charge in [0, 0.05) is 6.42 Å². The van der Waals surface area contributed by atoms with E-state index < -0.39 is 4.83 Å². The number of halogens is 3. The molecule has 0 N–H and O–H groups in total. The van der Waals surface area contributed by atoms with Gasteiger partial charge in [0.1, 0.15) is 0 Å². The fourth-order valence-corrected chi connectivity index (χ4v) is 0.393. The fraction of sp³-hybridized carbons (Fsp3) is 0.500. The van der Waals surface area contributed by atoms with Gasteiger partial charge < -0.3 is 0 Å². The van der Waals surface area contributed by atoms with Gasteiger partial charge in [-0.3, -0.25) is 0 Å². The summed E-state index contributed by atoms with van der Waals surface area (Å²) in [6.07, 6.45) is 0.849. The van der Waals surface area contributed by atoms with Gasteiger partial charge in [0.25, 0.3) is 0 Å². The molecule has 0 spiro atoms. The smallest absolute Gasteiger partial charge is 0.193 e.